The van der Waals surface area contributed by atoms with Crippen LogP contribution in [0.25, 0.3) is 0 Å². The lowest BCUT2D eigenvalue weighted by molar-refractivity contribution is 0.0601. The van der Waals surface area contributed by atoms with Crippen LogP contribution >= 0.6 is 11.6 Å². The monoisotopic (exact) mass is 227 g/mol. The smallest absolute Gasteiger partial charge is 0.337 e. The Morgan fingerprint density at radius 3 is 3.00 bits per heavy atom. The van der Waals surface area contributed by atoms with Gasteiger partial charge in [-0.25, -0.2) is 4.79 Å². The van der Waals surface area contributed by atoms with Crippen LogP contribution in [-0.2, 0) is 4.74 Å². The third kappa shape index (κ3) is 3.80. The molecule has 0 radical (unpaired) electrons. The van der Waals surface area contributed by atoms with Crippen LogP contribution in [0.4, 0.5) is 5.69 Å². The molecule has 0 saturated heterocycles. The summed E-state index contributed by atoms with van der Waals surface area (Å²) < 4.78 is 4.63. The van der Waals surface area contributed by atoms with Gasteiger partial charge in [-0.3, -0.25) is 0 Å². The molecule has 0 amide bonds. The topological polar surface area (TPSA) is 38.3 Å². The first-order valence-corrected chi connectivity index (χ1v) is 5.29. The molecule has 0 atom stereocenters. The summed E-state index contributed by atoms with van der Waals surface area (Å²) in [6.07, 6.45) is 0.893. The molecule has 0 fully saturated rings. The van der Waals surface area contributed by atoms with Gasteiger partial charge in [0, 0.05) is 18.1 Å². The van der Waals surface area contributed by atoms with Gasteiger partial charge in [0.15, 0.2) is 0 Å². The van der Waals surface area contributed by atoms with Crippen molar-refractivity contribution in [1.82, 2.24) is 0 Å². The summed E-state index contributed by atoms with van der Waals surface area (Å²) >= 11 is 5.56. The SMILES string of the molecule is COC(=O)c1cccc(NCCCCl)c1. The lowest BCUT2D eigenvalue weighted by Gasteiger charge is -2.06. The van der Waals surface area contributed by atoms with E-state index in [1.54, 1.807) is 12.1 Å². The molecular weight excluding hydrogens is 214 g/mol. The van der Waals surface area contributed by atoms with E-state index < -0.39 is 0 Å². The number of hydrogen-bond donors (Lipinski definition) is 1. The molecule has 0 aliphatic rings. The molecule has 1 rings (SSSR count). The highest BCUT2D eigenvalue weighted by molar-refractivity contribution is 6.17. The predicted octanol–water partition coefficient (Wildman–Crippen LogP) is 2.51. The van der Waals surface area contributed by atoms with Gasteiger partial charge in [0.1, 0.15) is 0 Å². The molecule has 82 valence electrons. The average molecular weight is 228 g/mol. The Balaban J connectivity index is 2.62. The maximum atomic E-state index is 11.2. The largest absolute Gasteiger partial charge is 0.465 e. The zero-order valence-corrected chi connectivity index (χ0v) is 9.38. The molecule has 1 aromatic rings. The first kappa shape index (κ1) is 11.9. The van der Waals surface area contributed by atoms with Gasteiger partial charge in [0.2, 0.25) is 0 Å². The standard InChI is InChI=1S/C11H14ClNO2/c1-15-11(14)9-4-2-5-10(8-9)13-7-3-6-12/h2,4-5,8,13H,3,6-7H2,1H3. The van der Waals surface area contributed by atoms with Gasteiger partial charge >= 0.3 is 5.97 Å². The van der Waals surface area contributed by atoms with Crippen LogP contribution in [0.3, 0.4) is 0 Å². The first-order chi connectivity index (χ1) is 7.27. The van der Waals surface area contributed by atoms with Crippen molar-refractivity contribution in [1.29, 1.82) is 0 Å². The second kappa shape index (κ2) is 6.30. The molecule has 0 heterocycles. The van der Waals surface area contributed by atoms with Crippen molar-refractivity contribution < 1.29 is 9.53 Å². The Hall–Kier alpha value is -1.22. The summed E-state index contributed by atoms with van der Waals surface area (Å²) in [4.78, 5) is 11.2. The second-order valence-electron chi connectivity index (χ2n) is 3.04. The molecule has 0 bridgehead atoms. The zero-order chi connectivity index (χ0) is 11.1. The number of hydrogen-bond acceptors (Lipinski definition) is 3. The van der Waals surface area contributed by atoms with Crippen LogP contribution in [0.1, 0.15) is 16.8 Å². The van der Waals surface area contributed by atoms with Crippen LogP contribution in [0.15, 0.2) is 24.3 Å². The van der Waals surface area contributed by atoms with Crippen molar-refractivity contribution in [3.05, 3.63) is 29.8 Å². The number of nitrogens with one attached hydrogen (secondary N) is 1. The Morgan fingerprint density at radius 1 is 1.53 bits per heavy atom. The number of carbonyl (C=O) groups excluding carboxylic acids is 1. The van der Waals surface area contributed by atoms with E-state index in [1.807, 2.05) is 12.1 Å². The molecular formula is C11H14ClNO2. The predicted molar refractivity (Wildman–Crippen MR) is 61.6 cm³/mol. The maximum Gasteiger partial charge on any atom is 0.337 e. The van der Waals surface area contributed by atoms with E-state index in [1.165, 1.54) is 7.11 Å². The van der Waals surface area contributed by atoms with E-state index in [0.29, 0.717) is 11.4 Å². The lowest BCUT2D eigenvalue weighted by atomic mass is 10.2. The average Bonchev–Trinajstić information content (AvgIpc) is 2.29. The third-order valence-electron chi connectivity index (χ3n) is 1.92. The summed E-state index contributed by atoms with van der Waals surface area (Å²) in [7, 11) is 1.37. The van der Waals surface area contributed by atoms with E-state index in [4.69, 9.17) is 11.6 Å². The number of esters is 1. The van der Waals surface area contributed by atoms with E-state index in [-0.39, 0.29) is 5.97 Å². The Bertz CT molecular complexity index is 328. The van der Waals surface area contributed by atoms with Crippen LogP contribution in [0.5, 0.6) is 0 Å². The summed E-state index contributed by atoms with van der Waals surface area (Å²) in [5.74, 6) is 0.306. The number of rotatable bonds is 5. The normalized spacial score (nSPS) is 9.73. The van der Waals surface area contributed by atoms with Gasteiger partial charge in [0.05, 0.1) is 12.7 Å². The number of carbonyl (C=O) groups is 1. The van der Waals surface area contributed by atoms with E-state index in [0.717, 1.165) is 18.7 Å². The molecule has 1 N–H and O–H groups in total. The Labute approximate surface area is 94.4 Å². The molecule has 0 aromatic heterocycles. The number of alkyl halides is 1. The van der Waals surface area contributed by atoms with E-state index >= 15 is 0 Å². The van der Waals surface area contributed by atoms with Crippen LogP contribution < -0.4 is 5.32 Å². The molecule has 3 nitrogen and oxygen atoms in total. The fourth-order valence-corrected chi connectivity index (χ4v) is 1.31. The molecule has 1 aromatic carbocycles. The van der Waals surface area contributed by atoms with Crippen molar-refractivity contribution in [3.63, 3.8) is 0 Å². The third-order valence-corrected chi connectivity index (χ3v) is 2.19. The molecule has 0 saturated carbocycles. The molecule has 0 unspecified atom stereocenters. The van der Waals surface area contributed by atoms with Gasteiger partial charge in [-0.2, -0.15) is 0 Å². The molecule has 0 aliphatic carbocycles. The number of halogens is 1. The minimum atomic E-state index is -0.323. The fourth-order valence-electron chi connectivity index (χ4n) is 1.17. The van der Waals surface area contributed by atoms with Crippen molar-refractivity contribution >= 4 is 23.3 Å². The van der Waals surface area contributed by atoms with Gasteiger partial charge < -0.3 is 10.1 Å². The zero-order valence-electron chi connectivity index (χ0n) is 8.63. The van der Waals surface area contributed by atoms with Crippen molar-refractivity contribution in [2.45, 2.75) is 6.42 Å². The summed E-state index contributed by atoms with van der Waals surface area (Å²) in [5.41, 5.74) is 1.45. The molecule has 0 spiro atoms. The van der Waals surface area contributed by atoms with Crippen molar-refractivity contribution in [3.8, 4) is 0 Å². The number of ether oxygens (including phenoxy) is 1. The molecule has 15 heavy (non-hydrogen) atoms. The van der Waals surface area contributed by atoms with Crippen molar-refractivity contribution in [2.75, 3.05) is 24.9 Å². The number of methoxy groups -OCH3 is 1. The highest BCUT2D eigenvalue weighted by Gasteiger charge is 2.04. The molecule has 4 heteroatoms. The van der Waals surface area contributed by atoms with Gasteiger partial charge in [-0.1, -0.05) is 6.07 Å². The van der Waals surface area contributed by atoms with Crippen LogP contribution in [0, 0.1) is 0 Å². The highest BCUT2D eigenvalue weighted by Crippen LogP contribution is 2.11. The molecule has 0 aliphatic heterocycles. The quantitative estimate of drug-likeness (QED) is 0.477. The summed E-state index contributed by atoms with van der Waals surface area (Å²) in [5, 5.41) is 3.17. The Morgan fingerprint density at radius 2 is 2.33 bits per heavy atom. The van der Waals surface area contributed by atoms with Gasteiger partial charge in [-0.05, 0) is 24.6 Å². The fraction of sp³-hybridized carbons (Fsp3) is 0.364. The minimum Gasteiger partial charge on any atom is -0.465 e. The first-order valence-electron chi connectivity index (χ1n) is 4.76. The minimum absolute atomic E-state index is 0.323. The van der Waals surface area contributed by atoms with Crippen LogP contribution in [0.2, 0.25) is 0 Å². The Kier molecular flexibility index (Phi) is 4.98. The summed E-state index contributed by atoms with van der Waals surface area (Å²) in [6, 6.07) is 7.20. The summed E-state index contributed by atoms with van der Waals surface area (Å²) in [6.45, 7) is 0.800. The van der Waals surface area contributed by atoms with Crippen LogP contribution in [-0.4, -0.2) is 25.5 Å². The second-order valence-corrected chi connectivity index (χ2v) is 3.42. The van der Waals surface area contributed by atoms with E-state index in [2.05, 4.69) is 10.1 Å². The maximum absolute atomic E-state index is 11.2. The van der Waals surface area contributed by atoms with Crippen molar-refractivity contribution in [2.24, 2.45) is 0 Å². The number of benzene rings is 1. The van der Waals surface area contributed by atoms with Gasteiger partial charge in [-0.15, -0.1) is 11.6 Å². The van der Waals surface area contributed by atoms with E-state index in [9.17, 15) is 4.79 Å². The lowest BCUT2D eigenvalue weighted by Crippen LogP contribution is -2.05. The highest BCUT2D eigenvalue weighted by atomic mass is 35.5. The van der Waals surface area contributed by atoms with Gasteiger partial charge in [0.25, 0.3) is 0 Å². The number of anilines is 1.